The summed E-state index contributed by atoms with van der Waals surface area (Å²) in [6.45, 7) is 0. The number of nitrogens with zero attached hydrogens (tertiary/aromatic N) is 3. The van der Waals surface area contributed by atoms with Gasteiger partial charge in [-0.15, -0.1) is 0 Å². The van der Waals surface area contributed by atoms with Gasteiger partial charge in [0.15, 0.2) is 5.02 Å². The second-order valence-corrected chi connectivity index (χ2v) is 4.02. The maximum Gasteiger partial charge on any atom is 0.409 e. The summed E-state index contributed by atoms with van der Waals surface area (Å²) in [6, 6.07) is 8.21. The summed E-state index contributed by atoms with van der Waals surface area (Å²) in [6.07, 6.45) is 0. The normalized spacial score (nSPS) is 10.3. The quantitative estimate of drug-likeness (QED) is 0.627. The lowest BCUT2D eigenvalue weighted by molar-refractivity contribution is -0.390. The predicted molar refractivity (Wildman–Crippen MR) is 66.5 cm³/mol. The minimum atomic E-state index is -0.799. The number of nitro groups is 1. The molecular formula is C10H5Cl2N3O3. The number of hydrogen-bond acceptors (Lipinski definition) is 4. The van der Waals surface area contributed by atoms with Crippen LogP contribution < -0.4 is 5.56 Å². The van der Waals surface area contributed by atoms with Crippen LogP contribution in [0.3, 0.4) is 0 Å². The van der Waals surface area contributed by atoms with Gasteiger partial charge >= 0.3 is 11.4 Å². The van der Waals surface area contributed by atoms with Crippen molar-refractivity contribution in [2.75, 3.05) is 0 Å². The number of para-hydroxylation sites is 1. The summed E-state index contributed by atoms with van der Waals surface area (Å²) < 4.78 is 0.840. The Morgan fingerprint density at radius 3 is 2.33 bits per heavy atom. The van der Waals surface area contributed by atoms with E-state index < -0.39 is 26.3 Å². The largest absolute Gasteiger partial charge is 0.409 e. The first kappa shape index (κ1) is 12.5. The van der Waals surface area contributed by atoms with Gasteiger partial charge in [-0.1, -0.05) is 46.1 Å². The molecule has 6 nitrogen and oxygen atoms in total. The van der Waals surface area contributed by atoms with Gasteiger partial charge in [0, 0.05) is 0 Å². The van der Waals surface area contributed by atoms with E-state index >= 15 is 0 Å². The summed E-state index contributed by atoms with van der Waals surface area (Å²) in [5.74, 6) is -0.662. The molecule has 0 fully saturated rings. The summed E-state index contributed by atoms with van der Waals surface area (Å²) >= 11 is 11.3. The lowest BCUT2D eigenvalue weighted by Crippen LogP contribution is -2.23. The molecular weight excluding hydrogens is 281 g/mol. The average molecular weight is 286 g/mol. The molecule has 2 aromatic rings. The zero-order valence-corrected chi connectivity index (χ0v) is 10.2. The third-order valence-electron chi connectivity index (χ3n) is 2.14. The molecule has 18 heavy (non-hydrogen) atoms. The van der Waals surface area contributed by atoms with Crippen molar-refractivity contribution in [2.24, 2.45) is 0 Å². The molecule has 0 N–H and O–H groups in total. The van der Waals surface area contributed by atoms with Crippen LogP contribution in [0.15, 0.2) is 35.1 Å². The van der Waals surface area contributed by atoms with Gasteiger partial charge in [-0.2, -0.15) is 0 Å². The van der Waals surface area contributed by atoms with Gasteiger partial charge in [0.1, 0.15) is 5.02 Å². The SMILES string of the molecule is O=c1c(Cl)c(Cl)c([N+](=O)[O-])nn1-c1ccccc1. The maximum atomic E-state index is 11.8. The average Bonchev–Trinajstić information content (AvgIpc) is 2.37. The van der Waals surface area contributed by atoms with E-state index in [1.807, 2.05) is 0 Å². The molecule has 1 heterocycles. The van der Waals surface area contributed by atoms with E-state index in [1.165, 1.54) is 0 Å². The lowest BCUT2D eigenvalue weighted by Gasteiger charge is -2.02. The van der Waals surface area contributed by atoms with Crippen molar-refractivity contribution in [3.63, 3.8) is 0 Å². The number of benzene rings is 1. The fraction of sp³-hybridized carbons (Fsp3) is 0. The van der Waals surface area contributed by atoms with Crippen molar-refractivity contribution in [3.05, 3.63) is 60.8 Å². The first-order valence-electron chi connectivity index (χ1n) is 4.70. The number of hydrogen-bond donors (Lipinski definition) is 0. The molecule has 0 amide bonds. The van der Waals surface area contributed by atoms with Gasteiger partial charge in [0.05, 0.1) is 10.8 Å². The Morgan fingerprint density at radius 1 is 1.17 bits per heavy atom. The van der Waals surface area contributed by atoms with Crippen molar-refractivity contribution in [3.8, 4) is 5.69 Å². The molecule has 0 saturated carbocycles. The molecule has 0 saturated heterocycles. The van der Waals surface area contributed by atoms with Crippen molar-refractivity contribution in [2.45, 2.75) is 0 Å². The highest BCUT2D eigenvalue weighted by Gasteiger charge is 2.24. The van der Waals surface area contributed by atoms with Crippen LogP contribution in [0.5, 0.6) is 0 Å². The fourth-order valence-electron chi connectivity index (χ4n) is 1.33. The van der Waals surface area contributed by atoms with Crippen molar-refractivity contribution >= 4 is 29.0 Å². The second kappa shape index (κ2) is 4.75. The van der Waals surface area contributed by atoms with Crippen LogP contribution in [0.25, 0.3) is 5.69 Å². The molecule has 8 heteroatoms. The Bertz CT molecular complexity index is 670. The molecule has 0 bridgehead atoms. The Kier molecular flexibility index (Phi) is 3.31. The maximum absolute atomic E-state index is 11.8. The summed E-state index contributed by atoms with van der Waals surface area (Å²) in [5.41, 5.74) is -0.345. The first-order chi connectivity index (χ1) is 8.52. The Labute approximate surface area is 111 Å². The Morgan fingerprint density at radius 2 is 1.78 bits per heavy atom. The monoisotopic (exact) mass is 285 g/mol. The van der Waals surface area contributed by atoms with Crippen molar-refractivity contribution < 1.29 is 4.92 Å². The van der Waals surface area contributed by atoms with Crippen LogP contribution in [0.4, 0.5) is 5.82 Å². The fourth-order valence-corrected chi connectivity index (χ4v) is 1.68. The van der Waals surface area contributed by atoms with E-state index in [0.29, 0.717) is 5.69 Å². The highest BCUT2D eigenvalue weighted by Crippen LogP contribution is 2.26. The molecule has 1 aromatic carbocycles. The molecule has 0 spiro atoms. The van der Waals surface area contributed by atoms with Gasteiger partial charge in [-0.3, -0.25) is 4.79 Å². The first-order valence-corrected chi connectivity index (χ1v) is 5.46. The second-order valence-electron chi connectivity index (χ2n) is 3.26. The van der Waals surface area contributed by atoms with Crippen LogP contribution >= 0.6 is 23.2 Å². The molecule has 0 aliphatic heterocycles. The molecule has 0 radical (unpaired) electrons. The van der Waals surface area contributed by atoms with E-state index in [1.54, 1.807) is 30.3 Å². The number of rotatable bonds is 2. The van der Waals surface area contributed by atoms with Crippen LogP contribution in [0.1, 0.15) is 0 Å². The molecule has 2 rings (SSSR count). The van der Waals surface area contributed by atoms with Gasteiger partial charge in [-0.25, -0.2) is 0 Å². The van der Waals surface area contributed by atoms with Crippen molar-refractivity contribution in [1.29, 1.82) is 0 Å². The predicted octanol–water partition coefficient (Wildman–Crippen LogP) is 2.45. The van der Waals surface area contributed by atoms with E-state index in [4.69, 9.17) is 23.2 Å². The van der Waals surface area contributed by atoms with E-state index in [0.717, 1.165) is 4.68 Å². The zero-order chi connectivity index (χ0) is 13.3. The smallest absolute Gasteiger partial charge is 0.358 e. The standard InChI is InChI=1S/C10H5Cl2N3O3/c11-7-8(12)10(16)14(13-9(7)15(17)18)6-4-2-1-3-5-6/h1-5H. The number of halogens is 2. The summed E-state index contributed by atoms with van der Waals surface area (Å²) in [7, 11) is 0. The van der Waals surface area contributed by atoms with Gasteiger partial charge in [0.25, 0.3) is 0 Å². The highest BCUT2D eigenvalue weighted by molar-refractivity contribution is 6.43. The van der Waals surface area contributed by atoms with Crippen LogP contribution in [0.2, 0.25) is 10.0 Å². The third-order valence-corrected chi connectivity index (χ3v) is 2.94. The lowest BCUT2D eigenvalue weighted by atomic mass is 10.3. The Hall–Kier alpha value is -1.92. The topological polar surface area (TPSA) is 78.0 Å². The van der Waals surface area contributed by atoms with Crippen LogP contribution in [0, 0.1) is 10.1 Å². The number of aromatic nitrogens is 2. The van der Waals surface area contributed by atoms with Gasteiger partial charge < -0.3 is 10.1 Å². The molecule has 0 aliphatic rings. The molecule has 0 atom stereocenters. The molecule has 92 valence electrons. The minimum Gasteiger partial charge on any atom is -0.358 e. The highest BCUT2D eigenvalue weighted by atomic mass is 35.5. The third kappa shape index (κ3) is 2.07. The molecule has 0 unspecified atom stereocenters. The van der Waals surface area contributed by atoms with E-state index in [-0.39, 0.29) is 0 Å². The summed E-state index contributed by atoms with van der Waals surface area (Å²) in [4.78, 5) is 21.8. The Balaban J connectivity index is 2.77. The van der Waals surface area contributed by atoms with Crippen molar-refractivity contribution in [1.82, 2.24) is 9.78 Å². The van der Waals surface area contributed by atoms with E-state index in [9.17, 15) is 14.9 Å². The zero-order valence-electron chi connectivity index (χ0n) is 8.71. The van der Waals surface area contributed by atoms with Gasteiger partial charge in [0.2, 0.25) is 0 Å². The van der Waals surface area contributed by atoms with Gasteiger partial charge in [-0.05, 0) is 17.1 Å². The van der Waals surface area contributed by atoms with Crippen LogP contribution in [-0.4, -0.2) is 14.7 Å². The van der Waals surface area contributed by atoms with Crippen LogP contribution in [-0.2, 0) is 0 Å². The molecule has 0 aliphatic carbocycles. The van der Waals surface area contributed by atoms with E-state index in [2.05, 4.69) is 5.10 Å². The molecule has 1 aromatic heterocycles. The minimum absolute atomic E-state index is 0.365. The summed E-state index contributed by atoms with van der Waals surface area (Å²) in [5, 5.41) is 13.5.